The van der Waals surface area contributed by atoms with Crippen LogP contribution < -0.4 is 10.1 Å². The second kappa shape index (κ2) is 8.50. The Balaban J connectivity index is 1.53. The van der Waals surface area contributed by atoms with Crippen LogP contribution in [0.3, 0.4) is 0 Å². The Labute approximate surface area is 183 Å². The van der Waals surface area contributed by atoms with Crippen molar-refractivity contribution in [2.75, 3.05) is 25.5 Å². The number of fused-ring (bicyclic) bond motifs is 1. The molecule has 3 aromatic rings. The minimum Gasteiger partial charge on any atom is -0.494 e. The quantitative estimate of drug-likeness (QED) is 0.603. The Morgan fingerprint density at radius 1 is 1.13 bits per heavy atom. The number of sulfonamides is 1. The fraction of sp³-hybridized carbons (Fsp3) is 0.300. The molecule has 1 saturated heterocycles. The Hall–Kier alpha value is -2.20. The maximum atomic E-state index is 12.7. The first-order chi connectivity index (χ1) is 14.4. The van der Waals surface area contributed by atoms with E-state index in [2.05, 4.69) is 10.3 Å². The maximum Gasteiger partial charge on any atom is 0.257 e. The van der Waals surface area contributed by atoms with Crippen molar-refractivity contribution in [3.05, 3.63) is 47.0 Å². The third-order valence-corrected chi connectivity index (χ3v) is 8.31. The number of benzene rings is 2. The molecule has 158 valence electrons. The van der Waals surface area contributed by atoms with Gasteiger partial charge in [0.1, 0.15) is 11.3 Å². The smallest absolute Gasteiger partial charge is 0.257 e. The summed E-state index contributed by atoms with van der Waals surface area (Å²) in [5.74, 6) is 0.185. The maximum absolute atomic E-state index is 12.7. The molecule has 0 unspecified atom stereocenters. The van der Waals surface area contributed by atoms with Gasteiger partial charge in [-0.3, -0.25) is 10.1 Å². The Bertz CT molecular complexity index is 1190. The van der Waals surface area contributed by atoms with Gasteiger partial charge >= 0.3 is 0 Å². The van der Waals surface area contributed by atoms with Crippen LogP contribution in [0.4, 0.5) is 5.13 Å². The number of carbonyl (C=O) groups is 1. The molecule has 0 saturated carbocycles. The summed E-state index contributed by atoms with van der Waals surface area (Å²) in [4.78, 5) is 17.2. The summed E-state index contributed by atoms with van der Waals surface area (Å²) in [6.45, 7) is 1.07. The molecule has 30 heavy (non-hydrogen) atoms. The first-order valence-corrected chi connectivity index (χ1v) is 12.1. The van der Waals surface area contributed by atoms with E-state index in [9.17, 15) is 13.2 Å². The molecule has 0 radical (unpaired) electrons. The Morgan fingerprint density at radius 2 is 1.83 bits per heavy atom. The highest BCUT2D eigenvalue weighted by molar-refractivity contribution is 7.89. The van der Waals surface area contributed by atoms with Gasteiger partial charge in [-0.05, 0) is 49.2 Å². The van der Waals surface area contributed by atoms with Crippen molar-refractivity contribution in [1.29, 1.82) is 0 Å². The van der Waals surface area contributed by atoms with Crippen molar-refractivity contribution in [2.45, 2.75) is 24.2 Å². The van der Waals surface area contributed by atoms with Crippen LogP contribution in [0.1, 0.15) is 29.6 Å². The van der Waals surface area contributed by atoms with Crippen LogP contribution in [0.2, 0.25) is 5.02 Å². The van der Waals surface area contributed by atoms with Crippen LogP contribution in [-0.4, -0.2) is 43.8 Å². The zero-order valence-electron chi connectivity index (χ0n) is 16.2. The SMILES string of the molecule is COc1ccc(Cl)c2sc(NC(=O)c3ccc(S(=O)(=O)N4CCCCC4)cc3)nc12. The van der Waals surface area contributed by atoms with Crippen LogP contribution >= 0.6 is 22.9 Å². The fourth-order valence-corrected chi connectivity index (χ4v) is 6.04. The monoisotopic (exact) mass is 465 g/mol. The van der Waals surface area contributed by atoms with Crippen molar-refractivity contribution < 1.29 is 17.9 Å². The van der Waals surface area contributed by atoms with E-state index in [4.69, 9.17) is 16.3 Å². The fourth-order valence-electron chi connectivity index (χ4n) is 3.37. The van der Waals surface area contributed by atoms with Crippen LogP contribution in [-0.2, 0) is 10.0 Å². The molecule has 1 amide bonds. The number of nitrogens with zero attached hydrogens (tertiary/aromatic N) is 2. The number of amides is 1. The molecule has 7 nitrogen and oxygen atoms in total. The summed E-state index contributed by atoms with van der Waals surface area (Å²) in [7, 11) is -1.99. The average molecular weight is 466 g/mol. The summed E-state index contributed by atoms with van der Waals surface area (Å²) in [6, 6.07) is 9.39. The van der Waals surface area contributed by atoms with E-state index in [1.165, 1.54) is 39.9 Å². The molecule has 1 aliphatic heterocycles. The summed E-state index contributed by atoms with van der Waals surface area (Å²) < 4.78 is 33.0. The van der Waals surface area contributed by atoms with Gasteiger partial charge in [0.25, 0.3) is 5.91 Å². The number of ether oxygens (including phenoxy) is 1. The number of carbonyl (C=O) groups excluding carboxylic acids is 1. The van der Waals surface area contributed by atoms with E-state index < -0.39 is 10.0 Å². The summed E-state index contributed by atoms with van der Waals surface area (Å²) >= 11 is 7.46. The number of hydrogen-bond donors (Lipinski definition) is 1. The van der Waals surface area contributed by atoms with Crippen LogP contribution in [0.15, 0.2) is 41.3 Å². The number of halogens is 1. The summed E-state index contributed by atoms with van der Waals surface area (Å²) in [5, 5.41) is 3.65. The molecule has 0 atom stereocenters. The van der Waals surface area contributed by atoms with Crippen molar-refractivity contribution in [1.82, 2.24) is 9.29 Å². The Kier molecular flexibility index (Phi) is 5.97. The number of methoxy groups -OCH3 is 1. The van der Waals surface area contributed by atoms with E-state index in [1.807, 2.05) is 0 Å². The summed E-state index contributed by atoms with van der Waals surface area (Å²) in [5.41, 5.74) is 0.915. The van der Waals surface area contributed by atoms with Gasteiger partial charge in [-0.1, -0.05) is 29.4 Å². The standard InChI is InChI=1S/C20H20ClN3O4S2/c1-28-16-10-9-15(21)18-17(16)22-20(29-18)23-19(25)13-5-7-14(8-6-13)30(26,27)24-11-3-2-4-12-24/h5-10H,2-4,11-12H2,1H3,(H,22,23,25). The molecule has 1 N–H and O–H groups in total. The zero-order chi connectivity index (χ0) is 21.3. The molecule has 0 aliphatic carbocycles. The van der Waals surface area contributed by atoms with Gasteiger partial charge in [0.05, 0.1) is 21.7 Å². The first-order valence-electron chi connectivity index (χ1n) is 9.45. The average Bonchev–Trinajstić information content (AvgIpc) is 3.19. The predicted molar refractivity (Wildman–Crippen MR) is 118 cm³/mol. The van der Waals surface area contributed by atoms with Gasteiger partial charge in [-0.25, -0.2) is 13.4 Å². The molecular formula is C20H20ClN3O4S2. The van der Waals surface area contributed by atoms with E-state index in [0.29, 0.717) is 44.8 Å². The minimum atomic E-state index is -3.53. The second-order valence-corrected chi connectivity index (χ2v) is 10.2. The molecule has 2 heterocycles. The molecular weight excluding hydrogens is 446 g/mol. The lowest BCUT2D eigenvalue weighted by molar-refractivity contribution is 0.102. The predicted octanol–water partition coefficient (Wildman–Crippen LogP) is 4.39. The van der Waals surface area contributed by atoms with Gasteiger partial charge in [-0.15, -0.1) is 0 Å². The van der Waals surface area contributed by atoms with Crippen molar-refractivity contribution in [3.63, 3.8) is 0 Å². The largest absolute Gasteiger partial charge is 0.494 e. The van der Waals surface area contributed by atoms with Crippen LogP contribution in [0.5, 0.6) is 5.75 Å². The number of hydrogen-bond acceptors (Lipinski definition) is 6. The highest BCUT2D eigenvalue weighted by Gasteiger charge is 2.26. The van der Waals surface area contributed by atoms with Crippen LogP contribution in [0, 0.1) is 0 Å². The third-order valence-electron chi connectivity index (χ3n) is 4.97. The van der Waals surface area contributed by atoms with Crippen molar-refractivity contribution >= 4 is 54.2 Å². The highest BCUT2D eigenvalue weighted by atomic mass is 35.5. The first kappa shape index (κ1) is 21.0. The number of rotatable bonds is 5. The zero-order valence-corrected chi connectivity index (χ0v) is 18.6. The molecule has 2 aromatic carbocycles. The number of thiazole rings is 1. The van der Waals surface area contributed by atoms with Gasteiger partial charge in [0, 0.05) is 18.7 Å². The van der Waals surface area contributed by atoms with Gasteiger partial charge in [0.2, 0.25) is 10.0 Å². The Morgan fingerprint density at radius 3 is 2.50 bits per heavy atom. The van der Waals surface area contributed by atoms with Crippen molar-refractivity contribution in [2.24, 2.45) is 0 Å². The highest BCUT2D eigenvalue weighted by Crippen LogP contribution is 2.37. The molecule has 1 fully saturated rings. The third kappa shape index (κ3) is 4.02. The van der Waals surface area contributed by atoms with E-state index in [1.54, 1.807) is 19.2 Å². The lowest BCUT2D eigenvalue weighted by atomic mass is 10.2. The lowest BCUT2D eigenvalue weighted by Gasteiger charge is -2.25. The summed E-state index contributed by atoms with van der Waals surface area (Å²) in [6.07, 6.45) is 2.79. The molecule has 0 spiro atoms. The van der Waals surface area contributed by atoms with Gasteiger partial charge in [-0.2, -0.15) is 4.31 Å². The van der Waals surface area contributed by atoms with Gasteiger partial charge < -0.3 is 4.74 Å². The molecule has 1 aromatic heterocycles. The van der Waals surface area contributed by atoms with Crippen molar-refractivity contribution in [3.8, 4) is 5.75 Å². The van der Waals surface area contributed by atoms with E-state index in [0.717, 1.165) is 19.3 Å². The normalized spacial score (nSPS) is 15.3. The number of piperidine rings is 1. The number of aromatic nitrogens is 1. The lowest BCUT2D eigenvalue weighted by Crippen LogP contribution is -2.35. The second-order valence-electron chi connectivity index (χ2n) is 6.89. The minimum absolute atomic E-state index is 0.192. The molecule has 0 bridgehead atoms. The molecule has 1 aliphatic rings. The number of anilines is 1. The van der Waals surface area contributed by atoms with E-state index in [-0.39, 0.29) is 10.8 Å². The topological polar surface area (TPSA) is 88.6 Å². The van der Waals surface area contributed by atoms with Gasteiger partial charge in [0.15, 0.2) is 5.13 Å². The number of nitrogens with one attached hydrogen (secondary N) is 1. The molecule has 4 rings (SSSR count). The van der Waals surface area contributed by atoms with E-state index >= 15 is 0 Å². The van der Waals surface area contributed by atoms with Crippen LogP contribution in [0.25, 0.3) is 10.2 Å². The molecule has 10 heteroatoms.